The molecule has 0 N–H and O–H groups in total. The second-order valence-electron chi connectivity index (χ2n) is 9.70. The first-order valence-corrected chi connectivity index (χ1v) is 12.6. The molecule has 0 spiro atoms. The summed E-state index contributed by atoms with van der Waals surface area (Å²) in [6.07, 6.45) is -0.710. The third kappa shape index (κ3) is 4.66. The van der Waals surface area contributed by atoms with Gasteiger partial charge in [-0.25, -0.2) is 4.79 Å². The van der Waals surface area contributed by atoms with Crippen LogP contribution in [0.1, 0.15) is 49.9 Å². The van der Waals surface area contributed by atoms with Crippen LogP contribution in [0.25, 0.3) is 0 Å². The second-order valence-corrected chi connectivity index (χ2v) is 9.70. The normalized spacial score (nSPS) is 11.9. The predicted octanol–water partition coefficient (Wildman–Crippen LogP) is 8.34. The van der Waals surface area contributed by atoms with Crippen LogP contribution < -0.4 is 0 Å². The molecular weight excluding hydrogens is 444 g/mol. The molecule has 4 rings (SSSR count). The minimum absolute atomic E-state index is 0.0586. The van der Waals surface area contributed by atoms with Crippen LogP contribution in [0.15, 0.2) is 121 Å². The van der Waals surface area contributed by atoms with Gasteiger partial charge in [0, 0.05) is 34.1 Å². The van der Waals surface area contributed by atoms with Gasteiger partial charge in [0.15, 0.2) is 11.2 Å². The molecule has 0 atom stereocenters. The van der Waals surface area contributed by atoms with E-state index in [0.717, 1.165) is 22.3 Å². The highest BCUT2D eigenvalue weighted by Gasteiger charge is 2.47. The van der Waals surface area contributed by atoms with Crippen molar-refractivity contribution in [1.82, 2.24) is 0 Å². The lowest BCUT2D eigenvalue weighted by Gasteiger charge is -2.41. The summed E-state index contributed by atoms with van der Waals surface area (Å²) in [5.74, 6) is -0.117. The van der Waals surface area contributed by atoms with Crippen molar-refractivity contribution in [3.8, 4) is 0 Å². The Hall–Kier alpha value is -3.85. The summed E-state index contributed by atoms with van der Waals surface area (Å²) >= 11 is 0. The number of ether oxygens (including phenoxy) is 2. The number of carbonyl (C=O) groups is 1. The van der Waals surface area contributed by atoms with E-state index < -0.39 is 17.4 Å². The van der Waals surface area contributed by atoms with E-state index in [1.54, 1.807) is 0 Å². The smallest absolute Gasteiger partial charge is 0.418 e. The van der Waals surface area contributed by atoms with Gasteiger partial charge < -0.3 is 9.47 Å². The number of hydrogen-bond acceptors (Lipinski definition) is 3. The van der Waals surface area contributed by atoms with Crippen LogP contribution in [0.2, 0.25) is 0 Å². The maximum absolute atomic E-state index is 13.9. The summed E-state index contributed by atoms with van der Waals surface area (Å²) in [6.45, 7) is 8.27. The first-order chi connectivity index (χ1) is 17.4. The van der Waals surface area contributed by atoms with Crippen LogP contribution in [-0.2, 0) is 20.7 Å². The molecule has 0 heterocycles. The Bertz CT molecular complexity index is 1060. The molecule has 4 aromatic rings. The van der Waals surface area contributed by atoms with Crippen molar-refractivity contribution in [1.29, 1.82) is 0 Å². The van der Waals surface area contributed by atoms with Crippen molar-refractivity contribution in [3.63, 3.8) is 0 Å². The van der Waals surface area contributed by atoms with Crippen LogP contribution in [0.3, 0.4) is 0 Å². The van der Waals surface area contributed by atoms with E-state index in [0.29, 0.717) is 0 Å². The van der Waals surface area contributed by atoms with E-state index in [2.05, 4.69) is 27.7 Å². The fraction of sp³-hybridized carbons (Fsp3) is 0.242. The summed E-state index contributed by atoms with van der Waals surface area (Å²) in [5, 5.41) is 0. The average molecular weight is 479 g/mol. The molecule has 36 heavy (non-hydrogen) atoms. The SMILES string of the molecule is CC(C)C(OC(=O)OC(c1ccccc1)(c1ccccc1)C(C)C)(c1ccccc1)c1ccccc1. The highest BCUT2D eigenvalue weighted by molar-refractivity contribution is 5.64. The highest BCUT2D eigenvalue weighted by atomic mass is 16.7. The molecule has 0 aliphatic heterocycles. The minimum atomic E-state index is -1.02. The van der Waals surface area contributed by atoms with Crippen molar-refractivity contribution in [2.45, 2.75) is 38.9 Å². The lowest BCUT2D eigenvalue weighted by Crippen LogP contribution is -2.44. The zero-order valence-corrected chi connectivity index (χ0v) is 21.4. The molecule has 0 radical (unpaired) electrons. The third-order valence-corrected chi connectivity index (χ3v) is 6.93. The van der Waals surface area contributed by atoms with Crippen molar-refractivity contribution < 1.29 is 14.3 Å². The van der Waals surface area contributed by atoms with Crippen LogP contribution >= 0.6 is 0 Å². The van der Waals surface area contributed by atoms with E-state index in [9.17, 15) is 4.79 Å². The quantitative estimate of drug-likeness (QED) is 0.239. The van der Waals surface area contributed by atoms with E-state index >= 15 is 0 Å². The number of hydrogen-bond donors (Lipinski definition) is 0. The second kappa shape index (κ2) is 10.8. The van der Waals surface area contributed by atoms with E-state index in [-0.39, 0.29) is 11.8 Å². The molecule has 0 saturated carbocycles. The molecule has 0 fully saturated rings. The van der Waals surface area contributed by atoms with Crippen LogP contribution in [0, 0.1) is 11.8 Å². The first kappa shape index (κ1) is 25.2. The maximum Gasteiger partial charge on any atom is 0.510 e. The zero-order chi connectivity index (χ0) is 25.6. The molecule has 0 aromatic heterocycles. The van der Waals surface area contributed by atoms with Gasteiger partial charge in [-0.3, -0.25) is 0 Å². The fourth-order valence-electron chi connectivity index (χ4n) is 5.16. The average Bonchev–Trinajstić information content (AvgIpc) is 2.92. The van der Waals surface area contributed by atoms with Gasteiger partial charge in [-0.15, -0.1) is 0 Å². The Morgan fingerprint density at radius 3 is 0.889 bits per heavy atom. The van der Waals surface area contributed by atoms with Crippen LogP contribution in [-0.4, -0.2) is 6.16 Å². The molecule has 0 aliphatic rings. The Morgan fingerprint density at radius 2 is 0.694 bits per heavy atom. The fourth-order valence-corrected chi connectivity index (χ4v) is 5.16. The molecule has 4 aromatic carbocycles. The Labute approximate surface area is 214 Å². The van der Waals surface area contributed by atoms with Gasteiger partial charge in [0.25, 0.3) is 0 Å². The number of rotatable bonds is 8. The lowest BCUT2D eigenvalue weighted by molar-refractivity contribution is -0.0885. The van der Waals surface area contributed by atoms with Crippen molar-refractivity contribution in [3.05, 3.63) is 144 Å². The van der Waals surface area contributed by atoms with Crippen molar-refractivity contribution >= 4 is 6.16 Å². The molecule has 0 amide bonds. The molecule has 0 bridgehead atoms. The highest BCUT2D eigenvalue weighted by Crippen LogP contribution is 2.44. The largest absolute Gasteiger partial charge is 0.510 e. The summed E-state index contributed by atoms with van der Waals surface area (Å²) in [5.41, 5.74) is 1.57. The lowest BCUT2D eigenvalue weighted by atomic mass is 9.77. The zero-order valence-electron chi connectivity index (χ0n) is 21.4. The topological polar surface area (TPSA) is 35.5 Å². The monoisotopic (exact) mass is 478 g/mol. The molecule has 3 heteroatoms. The van der Waals surface area contributed by atoms with E-state index in [1.807, 2.05) is 121 Å². The molecule has 0 aliphatic carbocycles. The van der Waals surface area contributed by atoms with Crippen molar-refractivity contribution in [2.75, 3.05) is 0 Å². The van der Waals surface area contributed by atoms with Crippen LogP contribution in [0.4, 0.5) is 4.79 Å². The molecule has 184 valence electrons. The predicted molar refractivity (Wildman–Crippen MR) is 145 cm³/mol. The van der Waals surface area contributed by atoms with Gasteiger partial charge >= 0.3 is 6.16 Å². The van der Waals surface area contributed by atoms with E-state index in [4.69, 9.17) is 9.47 Å². The Morgan fingerprint density at radius 1 is 0.472 bits per heavy atom. The van der Waals surface area contributed by atoms with Gasteiger partial charge in [-0.2, -0.15) is 0 Å². The Kier molecular flexibility index (Phi) is 7.59. The van der Waals surface area contributed by atoms with Gasteiger partial charge in [-0.1, -0.05) is 149 Å². The van der Waals surface area contributed by atoms with Gasteiger partial charge in [-0.05, 0) is 0 Å². The summed E-state index contributed by atoms with van der Waals surface area (Å²) in [7, 11) is 0. The summed E-state index contributed by atoms with van der Waals surface area (Å²) in [6, 6.07) is 39.6. The van der Waals surface area contributed by atoms with E-state index in [1.165, 1.54) is 0 Å². The van der Waals surface area contributed by atoms with Gasteiger partial charge in [0.05, 0.1) is 0 Å². The molecule has 3 nitrogen and oxygen atoms in total. The maximum atomic E-state index is 13.9. The molecule has 0 unspecified atom stereocenters. The summed E-state index contributed by atoms with van der Waals surface area (Å²) < 4.78 is 12.9. The summed E-state index contributed by atoms with van der Waals surface area (Å²) in [4.78, 5) is 13.9. The van der Waals surface area contributed by atoms with Gasteiger partial charge in [0.1, 0.15) is 0 Å². The molecular formula is C33H34O3. The Balaban J connectivity index is 1.83. The minimum Gasteiger partial charge on any atom is -0.418 e. The van der Waals surface area contributed by atoms with Gasteiger partial charge in [0.2, 0.25) is 0 Å². The number of benzene rings is 4. The first-order valence-electron chi connectivity index (χ1n) is 12.6. The third-order valence-electron chi connectivity index (χ3n) is 6.93. The van der Waals surface area contributed by atoms with Crippen molar-refractivity contribution in [2.24, 2.45) is 11.8 Å². The molecule has 0 saturated heterocycles. The number of carbonyl (C=O) groups excluding carboxylic acids is 1. The van der Waals surface area contributed by atoms with Crippen LogP contribution in [0.5, 0.6) is 0 Å². The standard InChI is InChI=1S/C33H34O3/c1-25(2)32(27-17-9-5-10-18-27,28-19-11-6-12-20-28)35-31(34)36-33(26(3)4,29-21-13-7-14-22-29)30-23-15-8-16-24-30/h5-26H,1-4H3.